The molecule has 10 heteroatoms. The van der Waals surface area contributed by atoms with Gasteiger partial charge in [0, 0.05) is 31.3 Å². The number of aromatic nitrogens is 9. The molecule has 6 aromatic heterocycles. The fraction of sp³-hybridized carbons (Fsp3) is 0. The molecule has 0 aliphatic carbocycles. The van der Waals surface area contributed by atoms with Gasteiger partial charge in [0.15, 0.2) is 11.6 Å². The van der Waals surface area contributed by atoms with Crippen molar-refractivity contribution in [3.05, 3.63) is 188 Å². The molecule has 0 N–H and O–H groups in total. The predicted octanol–water partition coefficient (Wildman–Crippen LogP) is 12.7. The van der Waals surface area contributed by atoms with Gasteiger partial charge in [-0.15, -0.1) is 11.3 Å². The van der Waals surface area contributed by atoms with E-state index in [0.29, 0.717) is 17.6 Å². The van der Waals surface area contributed by atoms with Crippen LogP contribution >= 0.6 is 11.3 Å². The number of fused-ring (bicyclic) bond motifs is 13. The van der Waals surface area contributed by atoms with Gasteiger partial charge >= 0.3 is 0 Å². The highest BCUT2D eigenvalue weighted by atomic mass is 32.1. The molecule has 0 radical (unpaired) electrons. The van der Waals surface area contributed by atoms with Gasteiger partial charge in [-0.3, -0.25) is 13.4 Å². The van der Waals surface area contributed by atoms with Crippen LogP contribution in [0.3, 0.4) is 0 Å². The molecule has 0 saturated carbocycles. The molecule has 0 aliphatic heterocycles. The lowest BCUT2D eigenvalue weighted by atomic mass is 10.0. The van der Waals surface area contributed by atoms with Crippen LogP contribution < -0.4 is 0 Å². The SMILES string of the molecule is c1ccc(-c2nc(-c3ccccc3)nc(-n3c4ccc(-c5ccc6c(c5)n5c7ccccc7nc5n6-c5ccc6c(c5)sc5ccccc56)cc4n4c5ccccc5nc34)n2)cc1. The molecule has 63 heavy (non-hydrogen) atoms. The molecule has 14 rings (SSSR count). The van der Waals surface area contributed by atoms with E-state index in [-0.39, 0.29) is 0 Å². The van der Waals surface area contributed by atoms with Gasteiger partial charge in [0.1, 0.15) is 0 Å². The van der Waals surface area contributed by atoms with Crippen molar-refractivity contribution in [2.24, 2.45) is 0 Å². The van der Waals surface area contributed by atoms with Crippen LogP contribution in [0.15, 0.2) is 188 Å². The molecule has 0 fully saturated rings. The first-order chi connectivity index (χ1) is 31.2. The summed E-state index contributed by atoms with van der Waals surface area (Å²) in [6.07, 6.45) is 0. The van der Waals surface area contributed by atoms with E-state index in [2.05, 4.69) is 139 Å². The summed E-state index contributed by atoms with van der Waals surface area (Å²) in [5.41, 5.74) is 13.1. The Hall–Kier alpha value is -8.47. The average Bonchev–Trinajstić information content (AvgIpc) is 4.15. The maximum Gasteiger partial charge on any atom is 0.241 e. The number of rotatable bonds is 5. The standard InChI is InChI=1S/C53H31N9S/c1-3-13-32(14-4-1)49-56-50(33-15-5-2-6-16-33)58-51(57-49)62-44-28-24-35(30-46(44)61-42-21-11-9-19-40(42)55-53(61)62)34-23-27-43-45(29-34)60-41-20-10-8-18-39(41)54-52(60)59(43)36-25-26-38-37-17-7-12-22-47(37)63-48(38)31-36/h1-31H. The van der Waals surface area contributed by atoms with Gasteiger partial charge in [0.2, 0.25) is 17.5 Å². The first-order valence-electron chi connectivity index (χ1n) is 20.8. The van der Waals surface area contributed by atoms with Crippen LogP contribution in [0.2, 0.25) is 0 Å². The molecular formula is C53H31N9S. The zero-order chi connectivity index (χ0) is 41.2. The molecule has 0 unspecified atom stereocenters. The van der Waals surface area contributed by atoms with Crippen LogP contribution in [-0.4, -0.2) is 42.9 Å². The molecule has 294 valence electrons. The first-order valence-corrected chi connectivity index (χ1v) is 21.7. The van der Waals surface area contributed by atoms with E-state index in [1.807, 2.05) is 78.1 Å². The minimum absolute atomic E-state index is 0.497. The van der Waals surface area contributed by atoms with Crippen molar-refractivity contribution >= 4 is 87.2 Å². The lowest BCUT2D eigenvalue weighted by molar-refractivity contribution is 0.937. The molecule has 8 aromatic carbocycles. The molecule has 0 atom stereocenters. The van der Waals surface area contributed by atoms with Crippen LogP contribution in [0.1, 0.15) is 0 Å². The van der Waals surface area contributed by atoms with Crippen molar-refractivity contribution in [2.45, 2.75) is 0 Å². The monoisotopic (exact) mass is 825 g/mol. The fourth-order valence-electron chi connectivity index (χ4n) is 9.36. The van der Waals surface area contributed by atoms with E-state index < -0.39 is 0 Å². The van der Waals surface area contributed by atoms with Gasteiger partial charge in [-0.25, -0.2) is 19.5 Å². The zero-order valence-corrected chi connectivity index (χ0v) is 34.1. The fourth-order valence-corrected chi connectivity index (χ4v) is 10.5. The van der Waals surface area contributed by atoms with Gasteiger partial charge in [0.05, 0.1) is 49.8 Å². The van der Waals surface area contributed by atoms with Crippen molar-refractivity contribution in [3.63, 3.8) is 0 Å². The second-order valence-electron chi connectivity index (χ2n) is 15.8. The summed E-state index contributed by atoms with van der Waals surface area (Å²) in [5, 5.41) is 2.56. The smallest absolute Gasteiger partial charge is 0.241 e. The Bertz CT molecular complexity index is 4100. The highest BCUT2D eigenvalue weighted by Crippen LogP contribution is 2.39. The summed E-state index contributed by atoms with van der Waals surface area (Å²) in [7, 11) is 0. The van der Waals surface area contributed by atoms with E-state index >= 15 is 0 Å². The minimum atomic E-state index is 0.497. The third-order valence-electron chi connectivity index (χ3n) is 12.2. The number of para-hydroxylation sites is 4. The Morgan fingerprint density at radius 1 is 0.333 bits per heavy atom. The quantitative estimate of drug-likeness (QED) is 0.173. The Balaban J connectivity index is 0.990. The lowest BCUT2D eigenvalue weighted by Gasteiger charge is -2.10. The molecule has 0 aliphatic rings. The average molecular weight is 826 g/mol. The summed E-state index contributed by atoms with van der Waals surface area (Å²) in [4.78, 5) is 25.7. The zero-order valence-electron chi connectivity index (χ0n) is 33.3. The van der Waals surface area contributed by atoms with Gasteiger partial charge in [-0.1, -0.05) is 121 Å². The van der Waals surface area contributed by atoms with Crippen molar-refractivity contribution in [1.29, 1.82) is 0 Å². The van der Waals surface area contributed by atoms with Crippen molar-refractivity contribution in [2.75, 3.05) is 0 Å². The molecule has 0 spiro atoms. The summed E-state index contributed by atoms with van der Waals surface area (Å²) < 4.78 is 11.4. The maximum atomic E-state index is 5.23. The highest BCUT2D eigenvalue weighted by molar-refractivity contribution is 7.25. The van der Waals surface area contributed by atoms with Crippen LogP contribution in [0.25, 0.3) is 121 Å². The van der Waals surface area contributed by atoms with Crippen LogP contribution in [0.4, 0.5) is 0 Å². The summed E-state index contributed by atoms with van der Waals surface area (Å²) in [6.45, 7) is 0. The highest BCUT2D eigenvalue weighted by Gasteiger charge is 2.23. The second kappa shape index (κ2) is 13.0. The number of hydrogen-bond donors (Lipinski definition) is 0. The molecular weight excluding hydrogens is 795 g/mol. The Morgan fingerprint density at radius 2 is 0.857 bits per heavy atom. The second-order valence-corrected chi connectivity index (χ2v) is 16.9. The lowest BCUT2D eigenvalue weighted by Crippen LogP contribution is -2.07. The summed E-state index contributed by atoms with van der Waals surface area (Å²) in [6, 6.07) is 65.6. The third kappa shape index (κ3) is 5.06. The van der Waals surface area contributed by atoms with Crippen LogP contribution in [0, 0.1) is 0 Å². The van der Waals surface area contributed by atoms with Crippen molar-refractivity contribution < 1.29 is 0 Å². The number of thiophene rings is 1. The number of imidazole rings is 4. The maximum absolute atomic E-state index is 5.23. The molecule has 14 aromatic rings. The molecule has 0 bridgehead atoms. The van der Waals surface area contributed by atoms with Crippen LogP contribution in [-0.2, 0) is 0 Å². The predicted molar refractivity (Wildman–Crippen MR) is 255 cm³/mol. The normalized spacial score (nSPS) is 12.1. The number of benzene rings is 8. The van der Waals surface area contributed by atoms with E-state index in [1.54, 1.807) is 0 Å². The topological polar surface area (TPSA) is 83.1 Å². The first kappa shape index (κ1) is 34.3. The largest absolute Gasteiger partial charge is 0.278 e. The van der Waals surface area contributed by atoms with Crippen LogP contribution in [0.5, 0.6) is 0 Å². The van der Waals surface area contributed by atoms with E-state index in [9.17, 15) is 0 Å². The van der Waals surface area contributed by atoms with Crippen molar-refractivity contribution in [1.82, 2.24) is 42.9 Å². The summed E-state index contributed by atoms with van der Waals surface area (Å²) in [5.74, 6) is 3.29. The van der Waals surface area contributed by atoms with E-state index in [4.69, 9.17) is 24.9 Å². The van der Waals surface area contributed by atoms with Gasteiger partial charge in [-0.05, 0) is 77.9 Å². The molecule has 0 amide bonds. The van der Waals surface area contributed by atoms with Gasteiger partial charge in [0.25, 0.3) is 0 Å². The minimum Gasteiger partial charge on any atom is -0.278 e. The van der Waals surface area contributed by atoms with Gasteiger partial charge in [-0.2, -0.15) is 9.97 Å². The molecule has 0 saturated heterocycles. The Kier molecular flexibility index (Phi) is 7.08. The Morgan fingerprint density at radius 3 is 1.49 bits per heavy atom. The van der Waals surface area contributed by atoms with Crippen molar-refractivity contribution in [3.8, 4) is 45.5 Å². The van der Waals surface area contributed by atoms with E-state index in [1.165, 1.54) is 20.2 Å². The van der Waals surface area contributed by atoms with E-state index in [0.717, 1.165) is 83.6 Å². The summed E-state index contributed by atoms with van der Waals surface area (Å²) >= 11 is 1.83. The molecule has 6 heterocycles. The Labute approximate surface area is 362 Å². The third-order valence-corrected chi connectivity index (χ3v) is 13.4. The van der Waals surface area contributed by atoms with Gasteiger partial charge < -0.3 is 0 Å². The molecule has 9 nitrogen and oxygen atoms in total. The number of hydrogen-bond acceptors (Lipinski definition) is 6. The number of nitrogens with zero attached hydrogens (tertiary/aromatic N) is 9.